The van der Waals surface area contributed by atoms with E-state index in [-0.39, 0.29) is 17.2 Å². The predicted octanol–water partition coefficient (Wildman–Crippen LogP) is 3.00. The second kappa shape index (κ2) is 6.88. The first-order chi connectivity index (χ1) is 12.0. The molecular formula is C18H18FN3O3. The number of piperazine rings is 1. The Balaban J connectivity index is 1.69. The van der Waals surface area contributed by atoms with Gasteiger partial charge in [0.1, 0.15) is 5.82 Å². The molecule has 3 rings (SSSR count). The second-order valence-electron chi connectivity index (χ2n) is 5.99. The third-order valence-electron chi connectivity index (χ3n) is 4.40. The fourth-order valence-electron chi connectivity index (χ4n) is 3.06. The van der Waals surface area contributed by atoms with Crippen LogP contribution in [0, 0.1) is 22.9 Å². The highest BCUT2D eigenvalue weighted by Crippen LogP contribution is 2.26. The predicted molar refractivity (Wildman–Crippen MR) is 92.3 cm³/mol. The molecule has 0 spiro atoms. The van der Waals surface area contributed by atoms with Crippen molar-refractivity contribution in [1.82, 2.24) is 4.90 Å². The molecule has 1 aliphatic rings. The Morgan fingerprint density at radius 2 is 1.80 bits per heavy atom. The molecule has 1 fully saturated rings. The normalized spacial score (nSPS) is 14.5. The number of nitro groups is 1. The molecule has 1 saturated heterocycles. The van der Waals surface area contributed by atoms with Crippen molar-refractivity contribution in [3.63, 3.8) is 0 Å². The lowest BCUT2D eigenvalue weighted by molar-refractivity contribution is -0.384. The SMILES string of the molecule is Cc1cc([N+](=O)[O-])ccc1N1CCN(C(=O)c2ccccc2F)CC1. The molecule has 0 aromatic heterocycles. The van der Waals surface area contributed by atoms with Crippen LogP contribution in [-0.2, 0) is 0 Å². The molecule has 0 N–H and O–H groups in total. The van der Waals surface area contributed by atoms with Gasteiger partial charge in [0.15, 0.2) is 0 Å². The average Bonchev–Trinajstić information content (AvgIpc) is 2.61. The number of non-ortho nitro benzene ring substituents is 1. The molecule has 0 atom stereocenters. The third kappa shape index (κ3) is 3.45. The van der Waals surface area contributed by atoms with Crippen LogP contribution >= 0.6 is 0 Å². The van der Waals surface area contributed by atoms with Gasteiger partial charge in [0.05, 0.1) is 10.5 Å². The summed E-state index contributed by atoms with van der Waals surface area (Å²) >= 11 is 0. The molecule has 1 amide bonds. The standard InChI is InChI=1S/C18H18FN3O3/c1-13-12-14(22(24)25)6-7-17(13)20-8-10-21(11-9-20)18(23)15-4-2-3-5-16(15)19/h2-7,12H,8-11H2,1H3. The summed E-state index contributed by atoms with van der Waals surface area (Å²) in [6.07, 6.45) is 0. The van der Waals surface area contributed by atoms with Crippen molar-refractivity contribution >= 4 is 17.3 Å². The number of rotatable bonds is 3. The molecule has 2 aromatic carbocycles. The Morgan fingerprint density at radius 1 is 1.12 bits per heavy atom. The maximum absolute atomic E-state index is 13.8. The topological polar surface area (TPSA) is 66.7 Å². The van der Waals surface area contributed by atoms with Crippen molar-refractivity contribution in [2.75, 3.05) is 31.1 Å². The minimum absolute atomic E-state index is 0.0645. The lowest BCUT2D eigenvalue weighted by atomic mass is 10.1. The van der Waals surface area contributed by atoms with Gasteiger partial charge in [-0.15, -0.1) is 0 Å². The first-order valence-corrected chi connectivity index (χ1v) is 8.01. The molecule has 1 heterocycles. The van der Waals surface area contributed by atoms with E-state index in [0.717, 1.165) is 11.3 Å². The highest BCUT2D eigenvalue weighted by Gasteiger charge is 2.25. The van der Waals surface area contributed by atoms with Crippen LogP contribution in [0.15, 0.2) is 42.5 Å². The van der Waals surface area contributed by atoms with Crippen molar-refractivity contribution < 1.29 is 14.1 Å². The van der Waals surface area contributed by atoms with Crippen LogP contribution in [0.25, 0.3) is 0 Å². The fourth-order valence-corrected chi connectivity index (χ4v) is 3.06. The Hall–Kier alpha value is -2.96. The van der Waals surface area contributed by atoms with Crippen LogP contribution < -0.4 is 4.90 Å². The first-order valence-electron chi connectivity index (χ1n) is 8.01. The number of nitrogens with zero attached hydrogens (tertiary/aromatic N) is 3. The zero-order chi connectivity index (χ0) is 18.0. The number of aryl methyl sites for hydroxylation is 1. The van der Waals surface area contributed by atoms with E-state index in [9.17, 15) is 19.3 Å². The van der Waals surface area contributed by atoms with E-state index >= 15 is 0 Å². The van der Waals surface area contributed by atoms with Crippen molar-refractivity contribution in [3.8, 4) is 0 Å². The summed E-state index contributed by atoms with van der Waals surface area (Å²) in [5.74, 6) is -0.820. The summed E-state index contributed by atoms with van der Waals surface area (Å²) < 4.78 is 13.8. The summed E-state index contributed by atoms with van der Waals surface area (Å²) in [6, 6.07) is 10.7. The van der Waals surface area contributed by atoms with Crippen molar-refractivity contribution in [1.29, 1.82) is 0 Å². The number of carbonyl (C=O) groups excluding carboxylic acids is 1. The second-order valence-corrected chi connectivity index (χ2v) is 5.99. The maximum atomic E-state index is 13.8. The Morgan fingerprint density at radius 3 is 2.40 bits per heavy atom. The number of amides is 1. The van der Waals surface area contributed by atoms with Gasteiger partial charge in [0.2, 0.25) is 0 Å². The van der Waals surface area contributed by atoms with Gasteiger partial charge in [-0.05, 0) is 30.7 Å². The highest BCUT2D eigenvalue weighted by molar-refractivity contribution is 5.94. The molecule has 7 heteroatoms. The summed E-state index contributed by atoms with van der Waals surface area (Å²) in [5, 5.41) is 10.8. The van der Waals surface area contributed by atoms with Crippen LogP contribution in [0.3, 0.4) is 0 Å². The van der Waals surface area contributed by atoms with E-state index in [1.807, 2.05) is 6.92 Å². The molecule has 130 valence electrons. The molecule has 0 saturated carbocycles. The van der Waals surface area contributed by atoms with E-state index in [4.69, 9.17) is 0 Å². The Kier molecular flexibility index (Phi) is 4.65. The zero-order valence-corrected chi connectivity index (χ0v) is 13.8. The third-order valence-corrected chi connectivity index (χ3v) is 4.40. The minimum atomic E-state index is -0.513. The fraction of sp³-hybridized carbons (Fsp3) is 0.278. The number of nitro benzene ring substituents is 1. The molecule has 0 radical (unpaired) electrons. The molecule has 1 aliphatic heterocycles. The first kappa shape index (κ1) is 16.9. The average molecular weight is 343 g/mol. The van der Waals surface area contributed by atoms with Gasteiger partial charge >= 0.3 is 0 Å². The van der Waals surface area contributed by atoms with E-state index in [1.54, 1.807) is 29.2 Å². The zero-order valence-electron chi connectivity index (χ0n) is 13.8. The summed E-state index contributed by atoms with van der Waals surface area (Å²) in [7, 11) is 0. The Bertz CT molecular complexity index is 817. The highest BCUT2D eigenvalue weighted by atomic mass is 19.1. The van der Waals surface area contributed by atoms with Crippen LogP contribution in [0.1, 0.15) is 15.9 Å². The smallest absolute Gasteiger partial charge is 0.269 e. The number of halogens is 1. The number of anilines is 1. The van der Waals surface area contributed by atoms with Gasteiger partial charge in [0.25, 0.3) is 11.6 Å². The van der Waals surface area contributed by atoms with Crippen molar-refractivity contribution in [2.45, 2.75) is 6.92 Å². The maximum Gasteiger partial charge on any atom is 0.269 e. The van der Waals surface area contributed by atoms with Gasteiger partial charge in [-0.25, -0.2) is 4.39 Å². The van der Waals surface area contributed by atoms with Crippen molar-refractivity contribution in [3.05, 3.63) is 69.5 Å². The molecule has 6 nitrogen and oxygen atoms in total. The number of carbonyl (C=O) groups is 1. The van der Waals surface area contributed by atoms with E-state index < -0.39 is 10.7 Å². The van der Waals surface area contributed by atoms with Gasteiger partial charge in [-0.1, -0.05) is 12.1 Å². The van der Waals surface area contributed by atoms with E-state index in [0.29, 0.717) is 26.2 Å². The Labute approximate surface area is 144 Å². The van der Waals surface area contributed by atoms with Crippen LogP contribution in [0.4, 0.5) is 15.8 Å². The minimum Gasteiger partial charge on any atom is -0.368 e. The number of hydrogen-bond acceptors (Lipinski definition) is 4. The lowest BCUT2D eigenvalue weighted by Crippen LogP contribution is -2.49. The monoisotopic (exact) mass is 343 g/mol. The summed E-state index contributed by atoms with van der Waals surface area (Å²) in [4.78, 5) is 26.6. The van der Waals surface area contributed by atoms with Crippen LogP contribution in [0.5, 0.6) is 0 Å². The molecule has 0 unspecified atom stereocenters. The van der Waals surface area contributed by atoms with Gasteiger partial charge in [0, 0.05) is 44.0 Å². The quantitative estimate of drug-likeness (QED) is 0.635. The molecule has 0 bridgehead atoms. The molecule has 2 aromatic rings. The molecule has 25 heavy (non-hydrogen) atoms. The van der Waals surface area contributed by atoms with E-state index in [1.165, 1.54) is 18.2 Å². The number of benzene rings is 2. The summed E-state index contributed by atoms with van der Waals surface area (Å²) in [5.41, 5.74) is 1.89. The van der Waals surface area contributed by atoms with Gasteiger partial charge in [-0.2, -0.15) is 0 Å². The number of hydrogen-bond donors (Lipinski definition) is 0. The van der Waals surface area contributed by atoms with Gasteiger partial charge < -0.3 is 9.80 Å². The summed E-state index contributed by atoms with van der Waals surface area (Å²) in [6.45, 7) is 3.98. The largest absolute Gasteiger partial charge is 0.368 e. The van der Waals surface area contributed by atoms with Crippen molar-refractivity contribution in [2.24, 2.45) is 0 Å². The molecule has 0 aliphatic carbocycles. The lowest BCUT2D eigenvalue weighted by Gasteiger charge is -2.36. The molecular weight excluding hydrogens is 325 g/mol. The van der Waals surface area contributed by atoms with Gasteiger partial charge in [-0.3, -0.25) is 14.9 Å². The van der Waals surface area contributed by atoms with Crippen LogP contribution in [-0.4, -0.2) is 41.9 Å². The van der Waals surface area contributed by atoms with Crippen LogP contribution in [0.2, 0.25) is 0 Å². The van der Waals surface area contributed by atoms with E-state index in [2.05, 4.69) is 4.90 Å².